The molecule has 0 radical (unpaired) electrons. The predicted molar refractivity (Wildman–Crippen MR) is 537 cm³/mol. The molecule has 2 bridgehead atoms. The van der Waals surface area contributed by atoms with Crippen LogP contribution in [-0.4, -0.2) is 296 Å². The fraction of sp³-hybridized carbons (Fsp3) is 0.449. The van der Waals surface area contributed by atoms with E-state index in [1.165, 1.54) is 21.9 Å². The fourth-order valence-electron chi connectivity index (χ4n) is 18.0. The van der Waals surface area contributed by atoms with Gasteiger partial charge in [-0.05, 0) is 114 Å². The number of aliphatic hydroxyl groups is 1. The zero-order valence-corrected chi connectivity index (χ0v) is 82.4. The molecule has 5 aliphatic rings. The zero-order valence-electron chi connectivity index (χ0n) is 80.8. The van der Waals surface area contributed by atoms with Crippen LogP contribution in [0, 0.1) is 16.7 Å². The quantitative estimate of drug-likeness (QED) is 0.0129. The Bertz CT molecular complexity index is 5860. The minimum Gasteiger partial charge on any atom is -0.481 e. The van der Waals surface area contributed by atoms with E-state index in [2.05, 4.69) is 90.4 Å². The monoisotopic (exact) mass is 2070 g/mol. The van der Waals surface area contributed by atoms with Gasteiger partial charge in [0.2, 0.25) is 88.6 Å². The van der Waals surface area contributed by atoms with Gasteiger partial charge in [0.25, 0.3) is 5.91 Å². The Kier molecular flexibility index (Phi) is 41.4. The van der Waals surface area contributed by atoms with Crippen LogP contribution in [0.25, 0.3) is 21.5 Å². The first kappa shape index (κ1) is 112. The molecule has 11 rings (SSSR count). The molecule has 16 atom stereocenters. The van der Waals surface area contributed by atoms with E-state index in [4.69, 9.17) is 22.3 Å². The number of carboxylic acids is 2. The van der Waals surface area contributed by atoms with Crippen LogP contribution in [0.1, 0.15) is 144 Å². The van der Waals surface area contributed by atoms with E-state index in [1.54, 1.807) is 147 Å². The minimum atomic E-state index is -2.23. The van der Waals surface area contributed by atoms with E-state index >= 15 is 43.2 Å². The number of fused-ring (bicyclic) bond motifs is 10. The van der Waals surface area contributed by atoms with Crippen molar-refractivity contribution in [1.29, 1.82) is 10.8 Å². The molecule has 6 aromatic rings. The number of carbonyl (C=O) groups is 20. The van der Waals surface area contributed by atoms with Crippen molar-refractivity contribution in [2.75, 3.05) is 57.4 Å². The molecule has 47 nitrogen and oxygen atoms in total. The largest absolute Gasteiger partial charge is 0.481 e. The third-order valence-electron chi connectivity index (χ3n) is 25.7. The Morgan fingerprint density at radius 1 is 0.415 bits per heavy atom. The number of nitrogens with two attached hydrogens (primary N) is 2. The van der Waals surface area contributed by atoms with Crippen molar-refractivity contribution in [3.8, 4) is 0 Å². The maximum atomic E-state index is 15.9. The van der Waals surface area contributed by atoms with Gasteiger partial charge in [0.1, 0.15) is 78.5 Å². The number of hydrogen-bond acceptors (Lipinski definition) is 25. The van der Waals surface area contributed by atoms with Gasteiger partial charge >= 0.3 is 24.0 Å². The van der Waals surface area contributed by atoms with Crippen LogP contribution >= 0.6 is 21.6 Å². The maximum Gasteiger partial charge on any atom is 0.324 e. The molecular weight excluding hydrogens is 1950 g/mol. The summed E-state index contributed by atoms with van der Waals surface area (Å²) in [4.78, 5) is 299. The summed E-state index contributed by atoms with van der Waals surface area (Å²) < 4.78 is 0. The average Bonchev–Trinajstić information content (AvgIpc) is 0.915. The fourth-order valence-corrected chi connectivity index (χ4v) is 20.3. The highest BCUT2D eigenvalue weighted by molar-refractivity contribution is 8.76. The molecule has 0 spiro atoms. The van der Waals surface area contributed by atoms with E-state index in [1.807, 2.05) is 0 Å². The first-order valence-corrected chi connectivity index (χ1v) is 50.8. The molecule has 0 aromatic heterocycles. The lowest BCUT2D eigenvalue weighted by atomic mass is 9.95. The molecule has 20 amide bonds. The van der Waals surface area contributed by atoms with E-state index in [0.717, 1.165) is 26.5 Å². The number of aliphatic carboxylic acids is 2. The molecule has 5 heterocycles. The van der Waals surface area contributed by atoms with Gasteiger partial charge in [0.05, 0.1) is 50.9 Å². The summed E-state index contributed by atoms with van der Waals surface area (Å²) in [5.74, 6) is -23.7. The molecule has 5 saturated heterocycles. The topological polar surface area (TPSA) is 716 Å². The van der Waals surface area contributed by atoms with Gasteiger partial charge < -0.3 is 121 Å². The summed E-state index contributed by atoms with van der Waals surface area (Å²) in [5.41, 5.74) is 12.5. The van der Waals surface area contributed by atoms with Gasteiger partial charge in [-0.1, -0.05) is 187 Å². The molecular formula is C98H124N24O23S2. The predicted octanol–water partition coefficient (Wildman–Crippen LogP) is -1.45. The van der Waals surface area contributed by atoms with Crippen molar-refractivity contribution in [3.63, 3.8) is 0 Å². The second-order valence-corrected chi connectivity index (χ2v) is 38.8. The first-order valence-electron chi connectivity index (χ1n) is 48.3. The number of hydrogen-bond donors (Lipinski definition) is 24. The highest BCUT2D eigenvalue weighted by Crippen LogP contribution is 2.33. The van der Waals surface area contributed by atoms with Crippen molar-refractivity contribution in [2.45, 2.75) is 214 Å². The number of carbonyl (C=O) groups excluding carboxylic acids is 18. The highest BCUT2D eigenvalue weighted by atomic mass is 33.1. The van der Waals surface area contributed by atoms with E-state index in [-0.39, 0.29) is 103 Å². The minimum absolute atomic E-state index is 0.00872. The van der Waals surface area contributed by atoms with E-state index in [0.29, 0.717) is 43.8 Å². The lowest BCUT2D eigenvalue weighted by molar-refractivity contribution is -0.143. The van der Waals surface area contributed by atoms with Gasteiger partial charge in [-0.2, -0.15) is 0 Å². The average molecular weight is 2070 g/mol. The third-order valence-corrected chi connectivity index (χ3v) is 28.1. The van der Waals surface area contributed by atoms with Crippen LogP contribution in [0.2, 0.25) is 0 Å². The van der Waals surface area contributed by atoms with Crippen LogP contribution in [0.3, 0.4) is 0 Å². The molecule has 6 aromatic carbocycles. The van der Waals surface area contributed by atoms with Crippen LogP contribution in [0.5, 0.6) is 0 Å². The molecule has 0 unspecified atom stereocenters. The molecule has 0 aliphatic carbocycles. The number of nitrogens with one attached hydrogen (secondary N) is 19. The SMILES string of the molecule is CC[C@H](C)[C@@H]1NC(=O)[C@@H]2CCCN2C(=O)[C@@H]2CCCN2C(=O)NC(=O)[C@H](CC(=O)O)NC(=O)[C@H](Cc2ccccc2)NC(=O)[C@@H]2CSSC[C@H](NC(=O)N[C@H](c3cccc4ccccc34)CC(=O)N[C@@H](CCCNC(=N)N)C(=O)N3CCC[C@H]3C(=O)NCC(=O)N[C@@H](CCCNC(=N)N)C(=O)N[C@H](c3cccc4ccccc34)CC(=O)N2)C(=O)N[C@@H](Cc2ccccc2)C(=O)NC(=O)[C@H](CC(=O)O)NC(=O)[C@H](CO)NC1=O. The summed E-state index contributed by atoms with van der Waals surface area (Å²) in [6.07, 6.45) is -4.26. The van der Waals surface area contributed by atoms with Gasteiger partial charge in [-0.3, -0.25) is 108 Å². The van der Waals surface area contributed by atoms with Crippen LogP contribution in [-0.2, 0) is 99.1 Å². The second kappa shape index (κ2) is 54.4. The number of benzene rings is 6. The van der Waals surface area contributed by atoms with Crippen molar-refractivity contribution in [1.82, 2.24) is 105 Å². The van der Waals surface area contributed by atoms with Crippen molar-refractivity contribution in [2.24, 2.45) is 17.4 Å². The number of rotatable bonds is 21. The molecule has 786 valence electrons. The first-order chi connectivity index (χ1) is 70.4. The second-order valence-electron chi connectivity index (χ2n) is 36.3. The van der Waals surface area contributed by atoms with Gasteiger partial charge in [0.15, 0.2) is 11.9 Å². The van der Waals surface area contributed by atoms with Crippen molar-refractivity contribution >= 4 is 174 Å². The summed E-state index contributed by atoms with van der Waals surface area (Å²) in [5, 5.41) is 92.7. The van der Waals surface area contributed by atoms with E-state index in [9.17, 15) is 68.1 Å². The molecule has 0 saturated carbocycles. The normalized spacial score (nSPS) is 25.1. The molecule has 5 fully saturated rings. The third kappa shape index (κ3) is 32.2. The Morgan fingerprint density at radius 2 is 0.837 bits per heavy atom. The maximum absolute atomic E-state index is 15.9. The van der Waals surface area contributed by atoms with E-state index < -0.39 is 290 Å². The number of imide groups is 2. The lowest BCUT2D eigenvalue weighted by Gasteiger charge is -2.32. The molecule has 147 heavy (non-hydrogen) atoms. The highest BCUT2D eigenvalue weighted by Gasteiger charge is 2.47. The number of carboxylic acid groups (broad SMARTS) is 2. The zero-order chi connectivity index (χ0) is 106. The van der Waals surface area contributed by atoms with Crippen molar-refractivity contribution in [3.05, 3.63) is 168 Å². The summed E-state index contributed by atoms with van der Waals surface area (Å²) in [7, 11) is 1.46. The summed E-state index contributed by atoms with van der Waals surface area (Å²) >= 11 is 0. The smallest absolute Gasteiger partial charge is 0.324 e. The van der Waals surface area contributed by atoms with Crippen molar-refractivity contribution < 1.29 is 111 Å². The van der Waals surface area contributed by atoms with Gasteiger partial charge in [-0.25, -0.2) is 9.59 Å². The number of amides is 20. The summed E-state index contributed by atoms with van der Waals surface area (Å²) in [6, 6.07) is 11.5. The molecule has 26 N–H and O–H groups in total. The number of nitrogens with zero attached hydrogens (tertiary/aromatic N) is 3. The summed E-state index contributed by atoms with van der Waals surface area (Å²) in [6.45, 7) is 0.933. The Labute approximate surface area is 852 Å². The van der Waals surface area contributed by atoms with Crippen LogP contribution in [0.15, 0.2) is 146 Å². The number of urea groups is 2. The van der Waals surface area contributed by atoms with Gasteiger partial charge in [-0.15, -0.1) is 0 Å². The van der Waals surface area contributed by atoms with Gasteiger partial charge in [0, 0.05) is 57.1 Å². The lowest BCUT2D eigenvalue weighted by Crippen LogP contribution is -2.61. The number of aliphatic hydroxyl groups excluding tert-OH is 1. The molecule has 5 aliphatic heterocycles. The Balaban J connectivity index is 1.04. The van der Waals surface area contributed by atoms with Crippen LogP contribution in [0.4, 0.5) is 9.59 Å². The molecule has 49 heteroatoms. The Morgan fingerprint density at radius 3 is 1.37 bits per heavy atom. The van der Waals surface area contributed by atoms with Crippen LogP contribution < -0.4 is 102 Å². The number of guanidine groups is 2. The Hall–Kier alpha value is -15.6. The standard InChI is InChI=1S/C98H124N24O23S2/c1-3-53(2)81-92(141)114-70(50-123)87(136)113-68(47-79(127)128)85(134)118-84(133)67(44-55-23-8-5-9-24-55)111-89(138)72-52-147-146-51-71(88(137)110-66(43-54-21-6-4-7-22-54)83(132)112-69(48-80(129)130)86(135)119-98(145)122-42-20-37-75(122)94(143)121-41-19-36-74(121)91(140)117-81)108-77(125)45-64(60-31-14-27-56-25-10-12-29-58(56)60)109-82(131)62(33-16-38-103-95(99)100)106-78(126)49-105-90(139)73-35-18-40-120(73)93(142)63(34-17-39-104-96(101)102)107-76(124)46-65(115-97(144)116-72)61-32-15-28-57-26-11-13-30-59(57)61/h4-15,21-32,53,62-75,81,123H,3,16-20,33-52H2,1-2H3,(H,105,139)(H,106,126)(H,107,124)(H,108,125)(H,109,131)(H,110,137)(H,111,138)(H,112,132)(H,113,136)(H,114,141)(H,117,140)(H,127,128)(H,129,130)(H4,99,100,103)(H4,101,102,104)(H2,115,116,144)(H,118,133,134)(H,119,135,145)/t53-,62-,63-,64-,65-,66-,67-,68-,69-,70-,71-,72-,73-,74-,75-,81-/m0/s1.